The first-order chi connectivity index (χ1) is 13.2. The Hall–Kier alpha value is -2.76. The summed E-state index contributed by atoms with van der Waals surface area (Å²) in [6.07, 6.45) is -0.395. The number of phenols is 1. The van der Waals surface area contributed by atoms with Gasteiger partial charge in [0.1, 0.15) is 18.0 Å². The van der Waals surface area contributed by atoms with Gasteiger partial charge in [-0.25, -0.2) is 18.2 Å². The lowest BCUT2D eigenvalue weighted by Crippen LogP contribution is -2.26. The van der Waals surface area contributed by atoms with Gasteiger partial charge in [0.2, 0.25) is 0 Å². The van der Waals surface area contributed by atoms with E-state index in [1.807, 2.05) is 4.72 Å². The Bertz CT molecular complexity index is 1000. The zero-order valence-corrected chi connectivity index (χ0v) is 15.3. The van der Waals surface area contributed by atoms with Gasteiger partial charge in [-0.1, -0.05) is 12.1 Å². The molecule has 0 aliphatic carbocycles. The Kier molecular flexibility index (Phi) is 4.25. The molecule has 4 rings (SSSR count). The molecule has 150 valence electrons. The number of carbonyl (C=O) groups is 2. The van der Waals surface area contributed by atoms with Crippen LogP contribution in [0.5, 0.6) is 5.75 Å². The Labute approximate surface area is 160 Å². The number of hydrogen-bond acceptors (Lipinski definition) is 6. The average molecular weight is 411 g/mol. The molecule has 1 unspecified atom stereocenters. The molecular formula is C17H18FN3O6S. The number of likely N-dealkylation sites (tertiary alicyclic amines) is 1. The largest absolute Gasteiger partial charge is 0.506 e. The molecule has 2 saturated heterocycles. The summed E-state index contributed by atoms with van der Waals surface area (Å²) in [4.78, 5) is 23.9. The maximum absolute atomic E-state index is 15.3. The van der Waals surface area contributed by atoms with E-state index in [9.17, 15) is 23.8 Å². The minimum atomic E-state index is -3.78. The zero-order chi connectivity index (χ0) is 20.2. The number of benzene rings is 2. The fraction of sp³-hybridized carbons (Fsp3) is 0.294. The predicted molar refractivity (Wildman–Crippen MR) is 101 cm³/mol. The van der Waals surface area contributed by atoms with Crippen molar-refractivity contribution in [2.45, 2.75) is 12.3 Å². The second-order valence-corrected chi connectivity index (χ2v) is 8.52. The Morgan fingerprint density at radius 3 is 2.64 bits per heavy atom. The predicted octanol–water partition coefficient (Wildman–Crippen LogP) is 2.67. The monoisotopic (exact) mass is 411 g/mol. The van der Waals surface area contributed by atoms with Crippen LogP contribution in [0.25, 0.3) is 10.8 Å². The second-order valence-electron chi connectivity index (χ2n) is 6.83. The summed E-state index contributed by atoms with van der Waals surface area (Å²) in [5.41, 5.74) is 0.274. The third kappa shape index (κ3) is 2.97. The van der Waals surface area contributed by atoms with Crippen molar-refractivity contribution in [2.75, 3.05) is 23.9 Å². The van der Waals surface area contributed by atoms with Crippen molar-refractivity contribution < 1.29 is 33.3 Å². The first kappa shape index (κ1) is 18.6. The number of carbonyl (C=O) groups excluding carboxylic acids is 1. The standard InChI is InChI=1S/C17H18FN3O6S/c18-15-12-5-9(11-3-4-20(7-11)17(24)25)1-2-10(12)6-13(22)16(15)21-8-14(23)19-28(21,26)27/h1-2,5-6,11,22,26-27H,3-4,7-8H2,(H,19,23)(H,24,25). The summed E-state index contributed by atoms with van der Waals surface area (Å²) in [6.45, 7) is 0.191. The molecular weight excluding hydrogens is 393 g/mol. The highest BCUT2D eigenvalue weighted by atomic mass is 32.3. The summed E-state index contributed by atoms with van der Waals surface area (Å²) in [5, 5.41) is 19.9. The van der Waals surface area contributed by atoms with E-state index >= 15 is 4.39 Å². The highest BCUT2D eigenvalue weighted by molar-refractivity contribution is 8.24. The van der Waals surface area contributed by atoms with Crippen molar-refractivity contribution in [3.05, 3.63) is 35.6 Å². The Morgan fingerprint density at radius 1 is 1.29 bits per heavy atom. The van der Waals surface area contributed by atoms with Crippen LogP contribution in [0.15, 0.2) is 24.3 Å². The number of carboxylic acid groups (broad SMARTS) is 1. The lowest BCUT2D eigenvalue weighted by Gasteiger charge is -2.36. The zero-order valence-electron chi connectivity index (χ0n) is 14.5. The van der Waals surface area contributed by atoms with Crippen molar-refractivity contribution in [3.8, 4) is 5.75 Å². The summed E-state index contributed by atoms with van der Waals surface area (Å²) < 4.78 is 37.9. The number of rotatable bonds is 2. The maximum atomic E-state index is 15.3. The normalized spacial score (nSPS) is 22.5. The average Bonchev–Trinajstić information content (AvgIpc) is 3.19. The van der Waals surface area contributed by atoms with Crippen LogP contribution in [0.3, 0.4) is 0 Å². The van der Waals surface area contributed by atoms with Gasteiger partial charge in [-0.3, -0.25) is 13.9 Å². The van der Waals surface area contributed by atoms with Crippen LogP contribution in [0, 0.1) is 5.82 Å². The molecule has 0 aromatic heterocycles. The highest BCUT2D eigenvalue weighted by Gasteiger charge is 2.38. The Balaban J connectivity index is 1.77. The van der Waals surface area contributed by atoms with Crippen LogP contribution in [-0.4, -0.2) is 55.9 Å². The number of halogens is 1. The minimum absolute atomic E-state index is 0.0902. The van der Waals surface area contributed by atoms with Crippen LogP contribution < -0.4 is 9.03 Å². The summed E-state index contributed by atoms with van der Waals surface area (Å²) in [5.74, 6) is -2.20. The molecule has 0 radical (unpaired) electrons. The highest BCUT2D eigenvalue weighted by Crippen LogP contribution is 2.50. The van der Waals surface area contributed by atoms with E-state index in [0.717, 1.165) is 5.56 Å². The van der Waals surface area contributed by atoms with Crippen LogP contribution in [-0.2, 0) is 4.79 Å². The van der Waals surface area contributed by atoms with Crippen LogP contribution in [0.4, 0.5) is 14.9 Å². The first-order valence-electron chi connectivity index (χ1n) is 8.47. The molecule has 2 aliphatic rings. The lowest BCUT2D eigenvalue weighted by atomic mass is 9.95. The summed E-state index contributed by atoms with van der Waals surface area (Å²) in [6, 6.07) is 6.23. The fourth-order valence-electron chi connectivity index (χ4n) is 3.71. The number of fused-ring (bicyclic) bond motifs is 1. The molecule has 1 atom stereocenters. The van der Waals surface area contributed by atoms with E-state index < -0.39 is 46.8 Å². The molecule has 0 spiro atoms. The quantitative estimate of drug-likeness (QED) is 0.513. The Morgan fingerprint density at radius 2 is 2.04 bits per heavy atom. The third-order valence-corrected chi connectivity index (χ3v) is 6.51. The molecule has 9 nitrogen and oxygen atoms in total. The number of phenolic OH excluding ortho intramolecular Hbond substituents is 1. The van der Waals surface area contributed by atoms with Crippen molar-refractivity contribution in [1.82, 2.24) is 9.62 Å². The molecule has 2 aromatic carbocycles. The third-order valence-electron chi connectivity index (χ3n) is 5.08. The smallest absolute Gasteiger partial charge is 0.407 e. The van der Waals surface area contributed by atoms with Crippen molar-refractivity contribution in [3.63, 3.8) is 0 Å². The van der Waals surface area contributed by atoms with Gasteiger partial charge in [-0.2, -0.15) is 0 Å². The molecule has 11 heteroatoms. The SMILES string of the molecule is O=C1CN(c2c(O)cc3ccc(C4CCN(C(=O)O)C4)cc3c2F)S(O)(O)N1. The van der Waals surface area contributed by atoms with Crippen molar-refractivity contribution in [2.24, 2.45) is 0 Å². The lowest BCUT2D eigenvalue weighted by molar-refractivity contribution is -0.117. The van der Waals surface area contributed by atoms with Gasteiger partial charge in [0.15, 0.2) is 5.82 Å². The van der Waals surface area contributed by atoms with Crippen LogP contribution in [0.2, 0.25) is 0 Å². The number of amides is 2. The van der Waals surface area contributed by atoms with Gasteiger partial charge in [0, 0.05) is 24.4 Å². The molecule has 5 N–H and O–H groups in total. The molecule has 2 amide bonds. The van der Waals surface area contributed by atoms with Gasteiger partial charge in [-0.15, -0.1) is 0 Å². The number of anilines is 1. The molecule has 0 saturated carbocycles. The van der Waals surface area contributed by atoms with Gasteiger partial charge in [-0.05, 0) is 40.5 Å². The summed E-state index contributed by atoms with van der Waals surface area (Å²) >= 11 is 0. The van der Waals surface area contributed by atoms with E-state index in [-0.39, 0.29) is 11.3 Å². The van der Waals surface area contributed by atoms with Gasteiger partial charge in [0.25, 0.3) is 5.91 Å². The number of hydrogen-bond donors (Lipinski definition) is 5. The molecule has 0 bridgehead atoms. The molecule has 2 aromatic rings. The maximum Gasteiger partial charge on any atom is 0.407 e. The molecule has 2 aliphatic heterocycles. The van der Waals surface area contributed by atoms with Crippen LogP contribution in [0.1, 0.15) is 17.9 Å². The summed E-state index contributed by atoms with van der Waals surface area (Å²) in [7, 11) is -3.78. The number of nitrogens with zero attached hydrogens (tertiary/aromatic N) is 2. The first-order valence-corrected chi connectivity index (χ1v) is 9.97. The van der Waals surface area contributed by atoms with Crippen LogP contribution >= 0.6 is 11.0 Å². The van der Waals surface area contributed by atoms with Gasteiger partial charge >= 0.3 is 6.09 Å². The van der Waals surface area contributed by atoms with E-state index in [2.05, 4.69) is 0 Å². The molecule has 28 heavy (non-hydrogen) atoms. The topological polar surface area (TPSA) is 134 Å². The molecule has 2 fully saturated rings. The fourth-order valence-corrected chi connectivity index (χ4v) is 4.92. The van der Waals surface area contributed by atoms with E-state index in [1.54, 1.807) is 18.2 Å². The van der Waals surface area contributed by atoms with Crippen molar-refractivity contribution >= 4 is 39.4 Å². The van der Waals surface area contributed by atoms with E-state index in [0.29, 0.717) is 29.2 Å². The van der Waals surface area contributed by atoms with E-state index in [1.165, 1.54) is 11.0 Å². The van der Waals surface area contributed by atoms with Gasteiger partial charge in [0.05, 0.1) is 0 Å². The van der Waals surface area contributed by atoms with Crippen molar-refractivity contribution in [1.29, 1.82) is 0 Å². The van der Waals surface area contributed by atoms with Gasteiger partial charge < -0.3 is 15.1 Å². The minimum Gasteiger partial charge on any atom is -0.506 e. The van der Waals surface area contributed by atoms with E-state index in [4.69, 9.17) is 5.11 Å². The second kappa shape index (κ2) is 6.40. The number of nitrogens with one attached hydrogen (secondary N) is 1. The number of aromatic hydroxyl groups is 1. The molecule has 2 heterocycles.